The van der Waals surface area contributed by atoms with E-state index in [1.807, 2.05) is 48.5 Å². The van der Waals surface area contributed by atoms with Crippen molar-refractivity contribution in [2.24, 2.45) is 0 Å². The van der Waals surface area contributed by atoms with Crippen LogP contribution >= 0.6 is 0 Å². The minimum Gasteiger partial charge on any atom is -0.497 e. The Hall–Kier alpha value is -2.69. The number of methoxy groups -OCH3 is 1. The number of hydrogen-bond acceptors (Lipinski definition) is 3. The number of rotatable bonds is 7. The first-order valence-corrected chi connectivity index (χ1v) is 7.62. The maximum absolute atomic E-state index is 11.9. The third-order valence-electron chi connectivity index (χ3n) is 3.18. The average molecular weight is 314 g/mol. The summed E-state index contributed by atoms with van der Waals surface area (Å²) in [6.45, 7) is 3.16. The molecule has 0 saturated carbocycles. The van der Waals surface area contributed by atoms with Crippen molar-refractivity contribution < 1.29 is 14.3 Å². The van der Waals surface area contributed by atoms with Gasteiger partial charge in [-0.25, -0.2) is 4.79 Å². The van der Waals surface area contributed by atoms with Crippen molar-refractivity contribution in [3.63, 3.8) is 0 Å². The summed E-state index contributed by atoms with van der Waals surface area (Å²) in [6.07, 6.45) is 0.944. The van der Waals surface area contributed by atoms with E-state index in [9.17, 15) is 4.79 Å². The van der Waals surface area contributed by atoms with Gasteiger partial charge in [-0.2, -0.15) is 0 Å². The van der Waals surface area contributed by atoms with Crippen molar-refractivity contribution in [3.05, 3.63) is 54.1 Å². The van der Waals surface area contributed by atoms with Gasteiger partial charge in [-0.05, 0) is 36.2 Å². The predicted octanol–water partition coefficient (Wildman–Crippen LogP) is 3.81. The fourth-order valence-electron chi connectivity index (χ4n) is 1.98. The molecule has 0 aliphatic rings. The molecule has 2 aromatic rings. The molecule has 0 heterocycles. The Labute approximate surface area is 136 Å². The van der Waals surface area contributed by atoms with Gasteiger partial charge in [0.05, 0.1) is 13.7 Å². The molecule has 2 N–H and O–H groups in total. The SMILES string of the molecule is CCCOc1cccc(NC(=O)NCc2ccc(OC)cc2)c1. The molecule has 2 amide bonds. The van der Waals surface area contributed by atoms with E-state index in [0.717, 1.165) is 23.5 Å². The molecule has 0 aliphatic carbocycles. The zero-order chi connectivity index (χ0) is 16.5. The normalized spacial score (nSPS) is 10.0. The lowest BCUT2D eigenvalue weighted by atomic mass is 10.2. The minimum atomic E-state index is -0.256. The molecule has 0 spiro atoms. The second-order valence-corrected chi connectivity index (χ2v) is 5.03. The van der Waals surface area contributed by atoms with Crippen LogP contribution in [0, 0.1) is 0 Å². The molecule has 23 heavy (non-hydrogen) atoms. The molecule has 0 fully saturated rings. The van der Waals surface area contributed by atoms with Crippen LogP contribution in [0.15, 0.2) is 48.5 Å². The number of anilines is 1. The van der Waals surface area contributed by atoms with Gasteiger partial charge in [-0.3, -0.25) is 0 Å². The number of urea groups is 1. The second-order valence-electron chi connectivity index (χ2n) is 5.03. The first-order valence-electron chi connectivity index (χ1n) is 7.62. The van der Waals surface area contributed by atoms with Gasteiger partial charge in [0.2, 0.25) is 0 Å². The maximum Gasteiger partial charge on any atom is 0.319 e. The van der Waals surface area contributed by atoms with E-state index in [2.05, 4.69) is 17.6 Å². The quantitative estimate of drug-likeness (QED) is 0.817. The third kappa shape index (κ3) is 5.54. The van der Waals surface area contributed by atoms with Gasteiger partial charge in [0, 0.05) is 18.3 Å². The zero-order valence-corrected chi connectivity index (χ0v) is 13.5. The van der Waals surface area contributed by atoms with Gasteiger partial charge in [-0.1, -0.05) is 25.1 Å². The Morgan fingerprint density at radius 1 is 1.09 bits per heavy atom. The highest BCUT2D eigenvalue weighted by Crippen LogP contribution is 2.17. The molecule has 0 aliphatic heterocycles. The molecule has 0 aromatic heterocycles. The number of amides is 2. The number of hydrogen-bond donors (Lipinski definition) is 2. The fraction of sp³-hybridized carbons (Fsp3) is 0.278. The van der Waals surface area contributed by atoms with Gasteiger partial charge in [-0.15, -0.1) is 0 Å². The molecule has 5 nitrogen and oxygen atoms in total. The highest BCUT2D eigenvalue weighted by Gasteiger charge is 2.03. The Morgan fingerprint density at radius 2 is 1.87 bits per heavy atom. The molecule has 2 rings (SSSR count). The van der Waals surface area contributed by atoms with Gasteiger partial charge >= 0.3 is 6.03 Å². The van der Waals surface area contributed by atoms with Crippen LogP contribution in [0.3, 0.4) is 0 Å². The molecule has 0 bridgehead atoms. The van der Waals surface area contributed by atoms with E-state index < -0.39 is 0 Å². The summed E-state index contributed by atoms with van der Waals surface area (Å²) in [4.78, 5) is 11.9. The molecular weight excluding hydrogens is 292 g/mol. The third-order valence-corrected chi connectivity index (χ3v) is 3.18. The van der Waals surface area contributed by atoms with Crippen molar-refractivity contribution in [3.8, 4) is 11.5 Å². The van der Waals surface area contributed by atoms with Gasteiger partial charge < -0.3 is 20.1 Å². The van der Waals surface area contributed by atoms with E-state index in [4.69, 9.17) is 9.47 Å². The van der Waals surface area contributed by atoms with E-state index in [1.165, 1.54) is 0 Å². The van der Waals surface area contributed by atoms with Crippen LogP contribution in [0.2, 0.25) is 0 Å². The summed E-state index contributed by atoms with van der Waals surface area (Å²) in [5.74, 6) is 1.54. The van der Waals surface area contributed by atoms with E-state index in [0.29, 0.717) is 18.8 Å². The van der Waals surface area contributed by atoms with Gasteiger partial charge in [0.1, 0.15) is 11.5 Å². The monoisotopic (exact) mass is 314 g/mol. The summed E-state index contributed by atoms with van der Waals surface area (Å²) in [5.41, 5.74) is 1.70. The lowest BCUT2D eigenvalue weighted by Crippen LogP contribution is -2.28. The fourth-order valence-corrected chi connectivity index (χ4v) is 1.98. The lowest BCUT2D eigenvalue weighted by Gasteiger charge is -2.10. The van der Waals surface area contributed by atoms with Crippen LogP contribution in [0.4, 0.5) is 10.5 Å². The molecule has 0 unspecified atom stereocenters. The minimum absolute atomic E-state index is 0.256. The summed E-state index contributed by atoms with van der Waals surface area (Å²) in [6, 6.07) is 14.7. The van der Waals surface area contributed by atoms with Crippen LogP contribution in [0.25, 0.3) is 0 Å². The topological polar surface area (TPSA) is 59.6 Å². The first-order chi connectivity index (χ1) is 11.2. The molecular formula is C18H22N2O3. The number of carbonyl (C=O) groups is 1. The average Bonchev–Trinajstić information content (AvgIpc) is 2.59. The van der Waals surface area contributed by atoms with Crippen LogP contribution < -0.4 is 20.1 Å². The Kier molecular flexibility index (Phi) is 6.29. The molecule has 2 aromatic carbocycles. The van der Waals surface area contributed by atoms with E-state index in [-0.39, 0.29) is 6.03 Å². The number of benzene rings is 2. The standard InChI is InChI=1S/C18H22N2O3/c1-3-11-23-17-6-4-5-15(12-17)20-18(21)19-13-14-7-9-16(22-2)10-8-14/h4-10,12H,3,11,13H2,1-2H3,(H2,19,20,21). The number of ether oxygens (including phenoxy) is 2. The zero-order valence-electron chi connectivity index (χ0n) is 13.5. The lowest BCUT2D eigenvalue weighted by molar-refractivity contribution is 0.251. The van der Waals surface area contributed by atoms with Crippen LogP contribution in [0.1, 0.15) is 18.9 Å². The van der Waals surface area contributed by atoms with Crippen LogP contribution in [-0.4, -0.2) is 19.7 Å². The Morgan fingerprint density at radius 3 is 2.57 bits per heavy atom. The van der Waals surface area contributed by atoms with Crippen molar-refractivity contribution >= 4 is 11.7 Å². The van der Waals surface area contributed by atoms with Crippen molar-refractivity contribution in [2.75, 3.05) is 19.0 Å². The summed E-state index contributed by atoms with van der Waals surface area (Å²) in [7, 11) is 1.62. The van der Waals surface area contributed by atoms with E-state index in [1.54, 1.807) is 7.11 Å². The highest BCUT2D eigenvalue weighted by atomic mass is 16.5. The maximum atomic E-state index is 11.9. The first kappa shape index (κ1) is 16.7. The Balaban J connectivity index is 1.84. The largest absolute Gasteiger partial charge is 0.497 e. The smallest absolute Gasteiger partial charge is 0.319 e. The summed E-state index contributed by atoms with van der Waals surface area (Å²) < 4.78 is 10.6. The molecule has 0 atom stereocenters. The highest BCUT2D eigenvalue weighted by molar-refractivity contribution is 5.89. The Bertz CT molecular complexity index is 626. The van der Waals surface area contributed by atoms with Gasteiger partial charge in [0.15, 0.2) is 0 Å². The van der Waals surface area contributed by atoms with Crippen LogP contribution in [0.5, 0.6) is 11.5 Å². The number of nitrogens with one attached hydrogen (secondary N) is 2. The van der Waals surface area contributed by atoms with Crippen LogP contribution in [-0.2, 0) is 6.54 Å². The van der Waals surface area contributed by atoms with Crippen molar-refractivity contribution in [1.29, 1.82) is 0 Å². The predicted molar refractivity (Wildman–Crippen MR) is 91.1 cm³/mol. The molecule has 0 saturated heterocycles. The van der Waals surface area contributed by atoms with Crippen molar-refractivity contribution in [2.45, 2.75) is 19.9 Å². The summed E-state index contributed by atoms with van der Waals surface area (Å²) in [5, 5.41) is 5.61. The second kappa shape index (κ2) is 8.68. The van der Waals surface area contributed by atoms with E-state index >= 15 is 0 Å². The molecule has 0 radical (unpaired) electrons. The van der Waals surface area contributed by atoms with Gasteiger partial charge in [0.25, 0.3) is 0 Å². The van der Waals surface area contributed by atoms with Crippen molar-refractivity contribution in [1.82, 2.24) is 5.32 Å². The molecule has 5 heteroatoms. The summed E-state index contributed by atoms with van der Waals surface area (Å²) >= 11 is 0. The number of carbonyl (C=O) groups excluding carboxylic acids is 1. The molecule has 122 valence electrons.